The van der Waals surface area contributed by atoms with Crippen molar-refractivity contribution in [3.63, 3.8) is 0 Å². The van der Waals surface area contributed by atoms with Crippen molar-refractivity contribution in [2.45, 2.75) is 6.92 Å². The van der Waals surface area contributed by atoms with Gasteiger partial charge in [-0.15, -0.1) is 0 Å². The number of nitrogens with zero attached hydrogens (tertiary/aromatic N) is 1. The summed E-state index contributed by atoms with van der Waals surface area (Å²) in [4.78, 5) is 11.8. The molecule has 17 heavy (non-hydrogen) atoms. The first kappa shape index (κ1) is 11.5. The average Bonchev–Trinajstić information content (AvgIpc) is 2.68. The lowest BCUT2D eigenvalue weighted by Gasteiger charge is -2.03. The molecule has 0 aliphatic heterocycles. The van der Waals surface area contributed by atoms with Crippen LogP contribution in [0.5, 0.6) is 0 Å². The zero-order chi connectivity index (χ0) is 12.4. The van der Waals surface area contributed by atoms with Crippen LogP contribution in [0.1, 0.15) is 16.1 Å². The van der Waals surface area contributed by atoms with Gasteiger partial charge in [0, 0.05) is 17.3 Å². The van der Waals surface area contributed by atoms with Crippen LogP contribution in [-0.4, -0.2) is 16.1 Å². The van der Waals surface area contributed by atoms with Crippen LogP contribution in [0.4, 0.5) is 11.5 Å². The van der Waals surface area contributed by atoms with Gasteiger partial charge in [-0.05, 0) is 25.1 Å². The number of anilines is 2. The number of nitrogens with two attached hydrogens (primary N) is 1. The van der Waals surface area contributed by atoms with Crippen LogP contribution >= 0.6 is 11.6 Å². The molecule has 5 nitrogen and oxygen atoms in total. The number of halogens is 1. The molecule has 1 aromatic heterocycles. The number of carbonyl (C=O) groups is 1. The van der Waals surface area contributed by atoms with Gasteiger partial charge in [0.1, 0.15) is 0 Å². The molecule has 88 valence electrons. The Morgan fingerprint density at radius 3 is 2.82 bits per heavy atom. The molecule has 4 N–H and O–H groups in total. The number of nitrogens with one attached hydrogen (secondary N) is 2. The molecule has 1 aromatic carbocycles. The minimum Gasteiger partial charge on any atom is -0.398 e. The highest BCUT2D eigenvalue weighted by Crippen LogP contribution is 2.20. The predicted molar refractivity (Wildman–Crippen MR) is 67.1 cm³/mol. The molecule has 1 heterocycles. The first-order valence-corrected chi connectivity index (χ1v) is 5.32. The van der Waals surface area contributed by atoms with Crippen LogP contribution in [0.2, 0.25) is 5.02 Å². The summed E-state index contributed by atoms with van der Waals surface area (Å²) in [5.74, 6) is 0.193. The third-order valence-electron chi connectivity index (χ3n) is 2.21. The highest BCUT2D eigenvalue weighted by atomic mass is 35.5. The molecule has 2 rings (SSSR count). The van der Waals surface area contributed by atoms with E-state index in [2.05, 4.69) is 15.5 Å². The molecule has 6 heteroatoms. The van der Waals surface area contributed by atoms with Crippen molar-refractivity contribution in [2.75, 3.05) is 11.1 Å². The number of aryl methyl sites for hydroxylation is 1. The SMILES string of the molecule is Cc1cc(NC(=O)c2ccc(N)c(Cl)c2)n[nH]1. The molecule has 0 unspecified atom stereocenters. The van der Waals surface area contributed by atoms with Crippen molar-refractivity contribution in [1.82, 2.24) is 10.2 Å². The van der Waals surface area contributed by atoms with Gasteiger partial charge in [-0.2, -0.15) is 5.10 Å². The average molecular weight is 251 g/mol. The molecule has 1 amide bonds. The molecule has 0 bridgehead atoms. The number of nitrogen functional groups attached to an aromatic ring is 1. The predicted octanol–water partition coefficient (Wildman–Crippen LogP) is 2.21. The van der Waals surface area contributed by atoms with Crippen LogP contribution in [0.15, 0.2) is 24.3 Å². The van der Waals surface area contributed by atoms with Crippen LogP contribution in [0.3, 0.4) is 0 Å². The summed E-state index contributed by atoms with van der Waals surface area (Å²) >= 11 is 5.84. The van der Waals surface area contributed by atoms with Gasteiger partial charge in [-0.3, -0.25) is 9.89 Å². The largest absolute Gasteiger partial charge is 0.398 e. The Morgan fingerprint density at radius 2 is 2.24 bits per heavy atom. The molecule has 0 saturated carbocycles. The number of hydrogen-bond acceptors (Lipinski definition) is 3. The highest BCUT2D eigenvalue weighted by Gasteiger charge is 2.09. The topological polar surface area (TPSA) is 83.8 Å². The molecule has 0 fully saturated rings. The van der Waals surface area contributed by atoms with E-state index in [0.717, 1.165) is 5.69 Å². The van der Waals surface area contributed by atoms with E-state index in [9.17, 15) is 4.79 Å². The van der Waals surface area contributed by atoms with Crippen molar-refractivity contribution in [2.24, 2.45) is 0 Å². The Balaban J connectivity index is 2.17. The summed E-state index contributed by atoms with van der Waals surface area (Å²) in [6.07, 6.45) is 0. The van der Waals surface area contributed by atoms with E-state index in [1.807, 2.05) is 6.92 Å². The Morgan fingerprint density at radius 1 is 1.47 bits per heavy atom. The Hall–Kier alpha value is -2.01. The lowest BCUT2D eigenvalue weighted by atomic mass is 10.2. The number of hydrogen-bond donors (Lipinski definition) is 3. The second kappa shape index (κ2) is 4.47. The Labute approximate surface area is 103 Å². The molecule has 0 atom stereocenters. The summed E-state index contributed by atoms with van der Waals surface area (Å²) in [7, 11) is 0. The fraction of sp³-hybridized carbons (Fsp3) is 0.0909. The van der Waals surface area contributed by atoms with Gasteiger partial charge in [-0.1, -0.05) is 11.6 Å². The summed E-state index contributed by atoms with van der Waals surface area (Å²) in [6, 6.07) is 6.45. The number of amides is 1. The Bertz CT molecular complexity index is 564. The van der Waals surface area contributed by atoms with Gasteiger partial charge in [0.2, 0.25) is 0 Å². The summed E-state index contributed by atoms with van der Waals surface area (Å²) in [6.45, 7) is 1.85. The number of aromatic nitrogens is 2. The van der Waals surface area contributed by atoms with Crippen LogP contribution < -0.4 is 11.1 Å². The molecular formula is C11H11ClN4O. The van der Waals surface area contributed by atoms with Gasteiger partial charge < -0.3 is 11.1 Å². The van der Waals surface area contributed by atoms with E-state index in [4.69, 9.17) is 17.3 Å². The lowest BCUT2D eigenvalue weighted by Crippen LogP contribution is -2.12. The second-order valence-electron chi connectivity index (χ2n) is 3.63. The van der Waals surface area contributed by atoms with Gasteiger partial charge in [0.15, 0.2) is 5.82 Å². The van der Waals surface area contributed by atoms with Crippen LogP contribution in [0.25, 0.3) is 0 Å². The molecular weight excluding hydrogens is 240 g/mol. The van der Waals surface area contributed by atoms with E-state index in [1.54, 1.807) is 18.2 Å². The minimum atomic E-state index is -0.279. The first-order chi connectivity index (χ1) is 8.06. The molecule has 2 aromatic rings. The maximum atomic E-state index is 11.8. The monoisotopic (exact) mass is 250 g/mol. The van der Waals surface area contributed by atoms with Crippen molar-refractivity contribution < 1.29 is 4.79 Å². The zero-order valence-electron chi connectivity index (χ0n) is 9.12. The fourth-order valence-electron chi connectivity index (χ4n) is 1.34. The van der Waals surface area contributed by atoms with Crippen molar-refractivity contribution in [1.29, 1.82) is 0 Å². The number of H-pyrrole nitrogens is 1. The van der Waals surface area contributed by atoms with Gasteiger partial charge in [-0.25, -0.2) is 0 Å². The van der Waals surface area contributed by atoms with E-state index in [0.29, 0.717) is 22.1 Å². The summed E-state index contributed by atoms with van der Waals surface area (Å²) < 4.78 is 0. The maximum Gasteiger partial charge on any atom is 0.256 e. The van der Waals surface area contributed by atoms with E-state index < -0.39 is 0 Å². The first-order valence-electron chi connectivity index (χ1n) is 4.94. The zero-order valence-corrected chi connectivity index (χ0v) is 9.88. The standard InChI is InChI=1S/C11H11ClN4O/c1-6-4-10(16-15-6)14-11(17)7-2-3-9(13)8(12)5-7/h2-5H,13H2,1H3,(H2,14,15,16,17). The molecule has 0 spiro atoms. The second-order valence-corrected chi connectivity index (χ2v) is 4.03. The third-order valence-corrected chi connectivity index (χ3v) is 2.54. The lowest BCUT2D eigenvalue weighted by molar-refractivity contribution is 0.102. The quantitative estimate of drug-likeness (QED) is 0.715. The normalized spacial score (nSPS) is 10.2. The minimum absolute atomic E-state index is 0.279. The highest BCUT2D eigenvalue weighted by molar-refractivity contribution is 6.33. The summed E-state index contributed by atoms with van der Waals surface area (Å²) in [5.41, 5.74) is 7.31. The third kappa shape index (κ3) is 2.57. The number of carbonyl (C=O) groups excluding carboxylic acids is 1. The van der Waals surface area contributed by atoms with Gasteiger partial charge in [0.25, 0.3) is 5.91 Å². The van der Waals surface area contributed by atoms with Crippen molar-refractivity contribution >= 4 is 29.0 Å². The molecule has 0 aliphatic carbocycles. The smallest absolute Gasteiger partial charge is 0.256 e. The van der Waals surface area contributed by atoms with Gasteiger partial charge in [0.05, 0.1) is 10.7 Å². The molecule has 0 aliphatic rings. The molecule has 0 radical (unpaired) electrons. The van der Waals surface area contributed by atoms with E-state index in [1.165, 1.54) is 6.07 Å². The van der Waals surface area contributed by atoms with Crippen LogP contribution in [0, 0.1) is 6.92 Å². The summed E-state index contributed by atoms with van der Waals surface area (Å²) in [5, 5.41) is 9.64. The number of rotatable bonds is 2. The molecule has 0 saturated heterocycles. The van der Waals surface area contributed by atoms with E-state index >= 15 is 0 Å². The number of aromatic amines is 1. The van der Waals surface area contributed by atoms with Gasteiger partial charge >= 0.3 is 0 Å². The van der Waals surface area contributed by atoms with Crippen molar-refractivity contribution in [3.8, 4) is 0 Å². The maximum absolute atomic E-state index is 11.8. The Kier molecular flexibility index (Phi) is 3.01. The van der Waals surface area contributed by atoms with Crippen LogP contribution in [-0.2, 0) is 0 Å². The van der Waals surface area contributed by atoms with E-state index in [-0.39, 0.29) is 5.91 Å². The fourth-order valence-corrected chi connectivity index (χ4v) is 1.52. The number of benzene rings is 1. The van der Waals surface area contributed by atoms with Crippen molar-refractivity contribution in [3.05, 3.63) is 40.5 Å².